The lowest BCUT2D eigenvalue weighted by Crippen LogP contribution is -2.21. The first kappa shape index (κ1) is 16.5. The summed E-state index contributed by atoms with van der Waals surface area (Å²) >= 11 is 0. The number of amides is 2. The van der Waals surface area contributed by atoms with E-state index in [2.05, 4.69) is 10.6 Å². The van der Waals surface area contributed by atoms with Crippen molar-refractivity contribution in [3.63, 3.8) is 0 Å². The van der Waals surface area contributed by atoms with Gasteiger partial charge in [-0.2, -0.15) is 0 Å². The van der Waals surface area contributed by atoms with Crippen LogP contribution < -0.4 is 15.4 Å². The van der Waals surface area contributed by atoms with Gasteiger partial charge in [0.2, 0.25) is 5.91 Å². The van der Waals surface area contributed by atoms with Crippen molar-refractivity contribution in [1.29, 1.82) is 0 Å². The first-order valence-corrected chi connectivity index (χ1v) is 7.32. The minimum Gasteiger partial charge on any atom is -0.484 e. The van der Waals surface area contributed by atoms with Crippen LogP contribution >= 0.6 is 0 Å². The molecule has 0 spiro atoms. The first-order valence-electron chi connectivity index (χ1n) is 7.32. The Balaban J connectivity index is 1.90. The van der Waals surface area contributed by atoms with Crippen LogP contribution in [0.5, 0.6) is 5.75 Å². The molecule has 5 nitrogen and oxygen atoms in total. The predicted molar refractivity (Wildman–Crippen MR) is 90.8 cm³/mol. The van der Waals surface area contributed by atoms with Gasteiger partial charge in [-0.1, -0.05) is 18.2 Å². The van der Waals surface area contributed by atoms with Gasteiger partial charge >= 0.3 is 0 Å². The van der Waals surface area contributed by atoms with Crippen molar-refractivity contribution in [3.8, 4) is 5.75 Å². The molecular weight excluding hydrogens is 292 g/mol. The molecule has 0 unspecified atom stereocenters. The summed E-state index contributed by atoms with van der Waals surface area (Å²) in [5.74, 6) is 0.218. The quantitative estimate of drug-likeness (QED) is 0.890. The second-order valence-electron chi connectivity index (χ2n) is 5.31. The number of hydrogen-bond acceptors (Lipinski definition) is 3. The van der Waals surface area contributed by atoms with E-state index in [4.69, 9.17) is 4.74 Å². The van der Waals surface area contributed by atoms with E-state index in [0.29, 0.717) is 11.4 Å². The van der Waals surface area contributed by atoms with E-state index in [1.165, 1.54) is 6.92 Å². The number of nitrogens with one attached hydrogen (secondary N) is 2. The number of anilines is 2. The fourth-order valence-corrected chi connectivity index (χ4v) is 2.17. The number of rotatable bonds is 5. The lowest BCUT2D eigenvalue weighted by atomic mass is 10.1. The summed E-state index contributed by atoms with van der Waals surface area (Å²) in [6.45, 7) is 5.27. The molecule has 0 aromatic heterocycles. The number of hydrogen-bond donors (Lipinski definition) is 2. The predicted octanol–water partition coefficient (Wildman–Crippen LogP) is 3.28. The average Bonchev–Trinajstić information content (AvgIpc) is 2.50. The smallest absolute Gasteiger partial charge is 0.262 e. The Morgan fingerprint density at radius 2 is 1.57 bits per heavy atom. The van der Waals surface area contributed by atoms with Crippen molar-refractivity contribution in [1.82, 2.24) is 0 Å². The molecule has 0 saturated heterocycles. The van der Waals surface area contributed by atoms with E-state index in [-0.39, 0.29) is 18.4 Å². The van der Waals surface area contributed by atoms with E-state index in [1.54, 1.807) is 24.3 Å². The molecule has 120 valence electrons. The van der Waals surface area contributed by atoms with E-state index in [9.17, 15) is 9.59 Å². The number of carbonyl (C=O) groups excluding carboxylic acids is 2. The second kappa shape index (κ2) is 7.45. The van der Waals surface area contributed by atoms with Crippen LogP contribution in [-0.4, -0.2) is 18.4 Å². The van der Waals surface area contributed by atoms with E-state index < -0.39 is 0 Å². The molecular formula is C18H20N2O3. The molecule has 0 aliphatic rings. The normalized spacial score (nSPS) is 10.0. The zero-order chi connectivity index (χ0) is 16.8. The Labute approximate surface area is 135 Å². The molecule has 23 heavy (non-hydrogen) atoms. The molecule has 0 aliphatic carbocycles. The summed E-state index contributed by atoms with van der Waals surface area (Å²) in [4.78, 5) is 23.0. The maximum atomic E-state index is 12.0. The van der Waals surface area contributed by atoms with Crippen molar-refractivity contribution in [2.45, 2.75) is 20.8 Å². The molecule has 0 aliphatic heterocycles. The monoisotopic (exact) mass is 312 g/mol. The first-order chi connectivity index (χ1) is 11.0. The molecule has 2 amide bonds. The highest BCUT2D eigenvalue weighted by molar-refractivity contribution is 5.93. The third-order valence-electron chi connectivity index (χ3n) is 3.29. The molecule has 5 heteroatoms. The fourth-order valence-electron chi connectivity index (χ4n) is 2.17. The van der Waals surface area contributed by atoms with Gasteiger partial charge in [0, 0.05) is 18.3 Å². The zero-order valence-corrected chi connectivity index (χ0v) is 13.5. The largest absolute Gasteiger partial charge is 0.484 e. The Hall–Kier alpha value is -2.82. The van der Waals surface area contributed by atoms with Crippen molar-refractivity contribution in [3.05, 3.63) is 53.6 Å². The Morgan fingerprint density at radius 3 is 2.13 bits per heavy atom. The van der Waals surface area contributed by atoms with Crippen LogP contribution in [0.4, 0.5) is 11.4 Å². The molecule has 0 bridgehead atoms. The highest BCUT2D eigenvalue weighted by Gasteiger charge is 2.08. The minimum absolute atomic E-state index is 0.0761. The number of aryl methyl sites for hydroxylation is 2. The van der Waals surface area contributed by atoms with Crippen molar-refractivity contribution >= 4 is 23.2 Å². The van der Waals surface area contributed by atoms with Crippen LogP contribution in [0.25, 0.3) is 0 Å². The molecule has 2 rings (SSSR count). The number of benzene rings is 2. The molecule has 2 aromatic carbocycles. The van der Waals surface area contributed by atoms with E-state index in [0.717, 1.165) is 16.8 Å². The van der Waals surface area contributed by atoms with Crippen LogP contribution in [0.1, 0.15) is 18.1 Å². The summed E-state index contributed by atoms with van der Waals surface area (Å²) in [6.07, 6.45) is 0. The van der Waals surface area contributed by atoms with E-state index >= 15 is 0 Å². The maximum Gasteiger partial charge on any atom is 0.262 e. The Bertz CT molecular complexity index is 688. The zero-order valence-electron chi connectivity index (χ0n) is 13.5. The maximum absolute atomic E-state index is 12.0. The lowest BCUT2D eigenvalue weighted by molar-refractivity contribution is -0.118. The molecule has 0 fully saturated rings. The van der Waals surface area contributed by atoms with Gasteiger partial charge in [0.15, 0.2) is 6.61 Å². The van der Waals surface area contributed by atoms with E-state index in [1.807, 2.05) is 32.0 Å². The second-order valence-corrected chi connectivity index (χ2v) is 5.31. The topological polar surface area (TPSA) is 67.4 Å². The minimum atomic E-state index is -0.215. The standard InChI is InChI=1S/C18H20N2O3/c1-12-5-4-6-13(2)18(12)20-17(22)11-23-16-9-7-15(8-10-16)19-14(3)21/h4-10H,11H2,1-3H3,(H,19,21)(H,20,22). The van der Waals surface area contributed by atoms with Gasteiger partial charge < -0.3 is 15.4 Å². The summed E-state index contributed by atoms with van der Waals surface area (Å²) in [7, 11) is 0. The Kier molecular flexibility index (Phi) is 5.36. The lowest BCUT2D eigenvalue weighted by Gasteiger charge is -2.12. The molecule has 0 radical (unpaired) electrons. The summed E-state index contributed by atoms with van der Waals surface area (Å²) in [5, 5.41) is 5.53. The average molecular weight is 312 g/mol. The van der Waals surface area contributed by atoms with Gasteiger partial charge in [-0.05, 0) is 49.2 Å². The molecule has 0 atom stereocenters. The van der Waals surface area contributed by atoms with Crippen molar-refractivity contribution < 1.29 is 14.3 Å². The molecule has 0 saturated carbocycles. The highest BCUT2D eigenvalue weighted by Crippen LogP contribution is 2.19. The van der Waals surface area contributed by atoms with Crippen molar-refractivity contribution in [2.75, 3.05) is 17.2 Å². The van der Waals surface area contributed by atoms with Crippen LogP contribution in [-0.2, 0) is 9.59 Å². The van der Waals surface area contributed by atoms with Crippen LogP contribution in [0.15, 0.2) is 42.5 Å². The highest BCUT2D eigenvalue weighted by atomic mass is 16.5. The van der Waals surface area contributed by atoms with Crippen LogP contribution in [0.2, 0.25) is 0 Å². The molecule has 0 heterocycles. The Morgan fingerprint density at radius 1 is 0.957 bits per heavy atom. The third-order valence-corrected chi connectivity index (χ3v) is 3.29. The molecule has 2 N–H and O–H groups in total. The van der Waals surface area contributed by atoms with Gasteiger partial charge in [0.1, 0.15) is 5.75 Å². The van der Waals surface area contributed by atoms with Crippen molar-refractivity contribution in [2.24, 2.45) is 0 Å². The SMILES string of the molecule is CC(=O)Nc1ccc(OCC(=O)Nc2c(C)cccc2C)cc1. The fraction of sp³-hybridized carbons (Fsp3) is 0.222. The summed E-state index contributed by atoms with van der Waals surface area (Å²) in [5.41, 5.74) is 3.53. The van der Waals surface area contributed by atoms with Gasteiger partial charge in [-0.3, -0.25) is 9.59 Å². The van der Waals surface area contributed by atoms with Gasteiger partial charge in [0.05, 0.1) is 0 Å². The number of carbonyl (C=O) groups is 2. The van der Waals surface area contributed by atoms with Crippen LogP contribution in [0.3, 0.4) is 0 Å². The van der Waals surface area contributed by atoms with Gasteiger partial charge in [-0.15, -0.1) is 0 Å². The number of ether oxygens (including phenoxy) is 1. The molecule has 2 aromatic rings. The summed E-state index contributed by atoms with van der Waals surface area (Å²) in [6, 6.07) is 12.7. The number of para-hydroxylation sites is 1. The third kappa shape index (κ3) is 4.85. The van der Waals surface area contributed by atoms with Gasteiger partial charge in [-0.25, -0.2) is 0 Å². The summed E-state index contributed by atoms with van der Waals surface area (Å²) < 4.78 is 5.45. The van der Waals surface area contributed by atoms with Crippen LogP contribution in [0, 0.1) is 13.8 Å². The van der Waals surface area contributed by atoms with Gasteiger partial charge in [0.25, 0.3) is 5.91 Å².